The van der Waals surface area contributed by atoms with Crippen LogP contribution in [0, 0.1) is 0 Å². The van der Waals surface area contributed by atoms with Gasteiger partial charge in [0.1, 0.15) is 0 Å². The summed E-state index contributed by atoms with van der Waals surface area (Å²) in [6.45, 7) is 0.950. The van der Waals surface area contributed by atoms with Gasteiger partial charge in [0.05, 0.1) is 11.6 Å². The van der Waals surface area contributed by atoms with E-state index in [0.717, 1.165) is 12.4 Å². The maximum absolute atomic E-state index is 5.70. The van der Waals surface area contributed by atoms with Gasteiger partial charge in [-0.15, -0.1) is 23.4 Å². The summed E-state index contributed by atoms with van der Waals surface area (Å²) in [6, 6.07) is 8.47. The molecule has 0 fully saturated rings. The van der Waals surface area contributed by atoms with E-state index in [1.54, 1.807) is 0 Å². The zero-order chi connectivity index (χ0) is 8.39. The number of anilines is 1. The Bertz CT molecular complexity index is 275. The number of hydrogen-bond acceptors (Lipinski definition) is 2. The maximum atomic E-state index is 5.70. The molecular formula is C9H10ClNS. The van der Waals surface area contributed by atoms with E-state index in [4.69, 9.17) is 11.6 Å². The summed E-state index contributed by atoms with van der Waals surface area (Å²) < 4.78 is 0. The highest BCUT2D eigenvalue weighted by atomic mass is 35.5. The highest BCUT2D eigenvalue weighted by molar-refractivity contribution is 7.99. The average molecular weight is 200 g/mol. The number of halogens is 1. The monoisotopic (exact) mass is 199 g/mol. The van der Waals surface area contributed by atoms with Crippen LogP contribution in [0.2, 0.25) is 0 Å². The van der Waals surface area contributed by atoms with Gasteiger partial charge in [0.25, 0.3) is 0 Å². The van der Waals surface area contributed by atoms with Crippen LogP contribution in [0.25, 0.3) is 0 Å². The third kappa shape index (κ3) is 1.41. The van der Waals surface area contributed by atoms with Gasteiger partial charge in [0, 0.05) is 17.3 Å². The second-order valence-corrected chi connectivity index (χ2v) is 4.06. The standard InChI is InChI=1S/C9H10ClNS/c10-5-6-11-7-12-9-4-2-1-3-8(9)11/h1-4H,5-7H2. The molecule has 0 saturated carbocycles. The lowest BCUT2D eigenvalue weighted by atomic mass is 10.3. The molecule has 0 radical (unpaired) electrons. The second kappa shape index (κ2) is 3.58. The van der Waals surface area contributed by atoms with Crippen LogP contribution in [-0.4, -0.2) is 18.3 Å². The Morgan fingerprint density at radius 3 is 3.08 bits per heavy atom. The maximum Gasteiger partial charge on any atom is 0.0687 e. The van der Waals surface area contributed by atoms with Gasteiger partial charge >= 0.3 is 0 Å². The number of nitrogens with zero attached hydrogens (tertiary/aromatic N) is 1. The van der Waals surface area contributed by atoms with Crippen LogP contribution >= 0.6 is 23.4 Å². The van der Waals surface area contributed by atoms with Gasteiger partial charge in [-0.1, -0.05) is 12.1 Å². The van der Waals surface area contributed by atoms with Crippen LogP contribution in [0.4, 0.5) is 5.69 Å². The van der Waals surface area contributed by atoms with Crippen molar-refractivity contribution < 1.29 is 0 Å². The van der Waals surface area contributed by atoms with Crippen molar-refractivity contribution >= 4 is 29.1 Å². The van der Waals surface area contributed by atoms with Crippen molar-refractivity contribution in [3.8, 4) is 0 Å². The van der Waals surface area contributed by atoms with Crippen LogP contribution in [-0.2, 0) is 0 Å². The van der Waals surface area contributed by atoms with E-state index in [9.17, 15) is 0 Å². The molecule has 3 heteroatoms. The van der Waals surface area contributed by atoms with Crippen LogP contribution in [0.5, 0.6) is 0 Å². The molecular weight excluding hydrogens is 190 g/mol. The zero-order valence-corrected chi connectivity index (χ0v) is 8.24. The quantitative estimate of drug-likeness (QED) is 0.674. The van der Waals surface area contributed by atoms with Crippen molar-refractivity contribution in [3.63, 3.8) is 0 Å². The normalized spacial score (nSPS) is 14.9. The van der Waals surface area contributed by atoms with Crippen molar-refractivity contribution in [1.82, 2.24) is 0 Å². The number of fused-ring (bicyclic) bond motifs is 1. The minimum atomic E-state index is 0.703. The Morgan fingerprint density at radius 2 is 2.25 bits per heavy atom. The average Bonchev–Trinajstić information content (AvgIpc) is 2.50. The molecule has 1 nitrogen and oxygen atoms in total. The summed E-state index contributed by atoms with van der Waals surface area (Å²) in [5.41, 5.74) is 1.34. The first-order valence-electron chi connectivity index (χ1n) is 3.94. The summed E-state index contributed by atoms with van der Waals surface area (Å²) in [5, 5.41) is 0. The first-order valence-corrected chi connectivity index (χ1v) is 5.46. The first kappa shape index (κ1) is 8.27. The van der Waals surface area contributed by atoms with Crippen LogP contribution in [0.3, 0.4) is 0 Å². The molecule has 0 bridgehead atoms. The van der Waals surface area contributed by atoms with Crippen LogP contribution in [0.15, 0.2) is 29.2 Å². The van der Waals surface area contributed by atoms with E-state index in [-0.39, 0.29) is 0 Å². The van der Waals surface area contributed by atoms with E-state index in [2.05, 4.69) is 29.2 Å². The predicted molar refractivity (Wildman–Crippen MR) is 55.2 cm³/mol. The fraction of sp³-hybridized carbons (Fsp3) is 0.333. The second-order valence-electron chi connectivity index (χ2n) is 2.69. The number of benzene rings is 1. The molecule has 0 atom stereocenters. The topological polar surface area (TPSA) is 3.24 Å². The molecule has 1 aromatic carbocycles. The van der Waals surface area contributed by atoms with Crippen molar-refractivity contribution in [3.05, 3.63) is 24.3 Å². The number of para-hydroxylation sites is 1. The third-order valence-corrected chi connectivity index (χ3v) is 3.20. The minimum Gasteiger partial charge on any atom is -0.360 e. The van der Waals surface area contributed by atoms with E-state index in [1.807, 2.05) is 11.8 Å². The number of thioether (sulfide) groups is 1. The van der Waals surface area contributed by atoms with Gasteiger partial charge in [0.15, 0.2) is 0 Å². The Kier molecular flexibility index (Phi) is 2.47. The lowest BCUT2D eigenvalue weighted by Crippen LogP contribution is -2.21. The van der Waals surface area contributed by atoms with Gasteiger partial charge in [0.2, 0.25) is 0 Å². The van der Waals surface area contributed by atoms with Crippen molar-refractivity contribution in [1.29, 1.82) is 0 Å². The van der Waals surface area contributed by atoms with Crippen molar-refractivity contribution in [2.45, 2.75) is 4.90 Å². The van der Waals surface area contributed by atoms with E-state index in [1.165, 1.54) is 10.6 Å². The molecule has 0 N–H and O–H groups in total. The fourth-order valence-electron chi connectivity index (χ4n) is 1.34. The van der Waals surface area contributed by atoms with Crippen LogP contribution in [0.1, 0.15) is 0 Å². The zero-order valence-electron chi connectivity index (χ0n) is 6.66. The molecule has 1 heterocycles. The fourth-order valence-corrected chi connectivity index (χ4v) is 2.63. The smallest absolute Gasteiger partial charge is 0.0687 e. The summed E-state index contributed by atoms with van der Waals surface area (Å²) in [6.07, 6.45) is 0. The molecule has 1 aliphatic heterocycles. The summed E-state index contributed by atoms with van der Waals surface area (Å²) >= 11 is 7.58. The first-order chi connectivity index (χ1) is 5.92. The van der Waals surface area contributed by atoms with E-state index >= 15 is 0 Å². The molecule has 0 saturated heterocycles. The summed E-state index contributed by atoms with van der Waals surface area (Å²) in [5.74, 6) is 1.75. The summed E-state index contributed by atoms with van der Waals surface area (Å²) in [4.78, 5) is 3.69. The van der Waals surface area contributed by atoms with Crippen molar-refractivity contribution in [2.75, 3.05) is 23.2 Å². The molecule has 2 rings (SSSR count). The van der Waals surface area contributed by atoms with Gasteiger partial charge < -0.3 is 4.90 Å². The predicted octanol–water partition coefficient (Wildman–Crippen LogP) is 2.80. The largest absolute Gasteiger partial charge is 0.360 e. The third-order valence-electron chi connectivity index (χ3n) is 1.94. The highest BCUT2D eigenvalue weighted by Crippen LogP contribution is 2.37. The van der Waals surface area contributed by atoms with E-state index in [0.29, 0.717) is 5.88 Å². The van der Waals surface area contributed by atoms with E-state index < -0.39 is 0 Å². The van der Waals surface area contributed by atoms with Crippen LogP contribution < -0.4 is 4.90 Å². The van der Waals surface area contributed by atoms with Crippen molar-refractivity contribution in [2.24, 2.45) is 0 Å². The lowest BCUT2D eigenvalue weighted by Gasteiger charge is -2.15. The molecule has 0 spiro atoms. The molecule has 0 aromatic heterocycles. The van der Waals surface area contributed by atoms with Gasteiger partial charge in [-0.25, -0.2) is 0 Å². The Morgan fingerprint density at radius 1 is 1.42 bits per heavy atom. The highest BCUT2D eigenvalue weighted by Gasteiger charge is 2.17. The number of rotatable bonds is 2. The molecule has 64 valence electrons. The SMILES string of the molecule is ClCCN1CSc2ccccc21. The number of alkyl halides is 1. The van der Waals surface area contributed by atoms with Gasteiger partial charge in [-0.05, 0) is 12.1 Å². The lowest BCUT2D eigenvalue weighted by molar-refractivity contribution is 0.956. The van der Waals surface area contributed by atoms with Gasteiger partial charge in [-0.3, -0.25) is 0 Å². The minimum absolute atomic E-state index is 0.703. The molecule has 0 aliphatic carbocycles. The molecule has 12 heavy (non-hydrogen) atoms. The molecule has 0 amide bonds. The molecule has 0 unspecified atom stereocenters. The number of hydrogen-bond donors (Lipinski definition) is 0. The van der Waals surface area contributed by atoms with Gasteiger partial charge in [-0.2, -0.15) is 0 Å². The Balaban J connectivity index is 2.24. The Labute approximate surface area is 81.7 Å². The molecule has 1 aromatic rings. The summed E-state index contributed by atoms with van der Waals surface area (Å²) in [7, 11) is 0. The molecule has 1 aliphatic rings. The Hall–Kier alpha value is -0.340.